The van der Waals surface area contributed by atoms with Crippen molar-refractivity contribution in [3.63, 3.8) is 0 Å². The number of amides is 1. The molecule has 0 bridgehead atoms. The number of carboxylic acid groups (broad SMARTS) is 1. The van der Waals surface area contributed by atoms with Gasteiger partial charge < -0.3 is 20.2 Å². The molecule has 3 rings (SSSR count). The molecule has 9 nitrogen and oxygen atoms in total. The second-order valence-corrected chi connectivity index (χ2v) is 6.87. The van der Waals surface area contributed by atoms with Gasteiger partial charge in [0, 0.05) is 44.1 Å². The third-order valence-electron chi connectivity index (χ3n) is 4.80. The normalized spacial score (nSPS) is 15.0. The Labute approximate surface area is 173 Å². The van der Waals surface area contributed by atoms with E-state index in [1.165, 1.54) is 6.07 Å². The predicted octanol–water partition coefficient (Wildman–Crippen LogP) is 1.08. The molecule has 1 saturated heterocycles. The molecule has 1 amide bonds. The molecule has 1 aliphatic heterocycles. The van der Waals surface area contributed by atoms with Gasteiger partial charge in [0.2, 0.25) is 5.95 Å². The minimum atomic E-state index is -1.04. The quantitative estimate of drug-likeness (QED) is 0.549. The van der Waals surface area contributed by atoms with Crippen LogP contribution in [-0.2, 0) is 4.79 Å². The number of aromatic nitrogens is 2. The molecule has 3 N–H and O–H groups in total. The number of aliphatic carboxylic acids is 1. The average Bonchev–Trinajstić information content (AvgIpc) is 2.74. The molecule has 0 saturated carbocycles. The van der Waals surface area contributed by atoms with Gasteiger partial charge >= 0.3 is 5.97 Å². The highest BCUT2D eigenvalue weighted by atomic mass is 19.1. The van der Waals surface area contributed by atoms with Crippen molar-refractivity contribution in [2.24, 2.45) is 0 Å². The van der Waals surface area contributed by atoms with Gasteiger partial charge in [0.1, 0.15) is 5.82 Å². The number of anilines is 2. The Kier molecular flexibility index (Phi) is 7.12. The summed E-state index contributed by atoms with van der Waals surface area (Å²) in [6, 6.07) is 6.07. The summed E-state index contributed by atoms with van der Waals surface area (Å²) < 4.78 is 14.7. The van der Waals surface area contributed by atoms with E-state index in [1.807, 2.05) is 9.80 Å². The van der Waals surface area contributed by atoms with Gasteiger partial charge in [-0.1, -0.05) is 6.92 Å². The zero-order valence-corrected chi connectivity index (χ0v) is 16.7. The molecule has 1 unspecified atom stereocenters. The van der Waals surface area contributed by atoms with Gasteiger partial charge in [-0.25, -0.2) is 14.4 Å². The monoisotopic (exact) mass is 416 g/mol. The molecular formula is C20H25FN6O3. The van der Waals surface area contributed by atoms with E-state index in [0.717, 1.165) is 0 Å². The lowest BCUT2D eigenvalue weighted by Gasteiger charge is -2.36. The summed E-state index contributed by atoms with van der Waals surface area (Å²) in [5.41, 5.74) is 0.565. The lowest BCUT2D eigenvalue weighted by atomic mass is 10.1. The maximum absolute atomic E-state index is 14.7. The lowest BCUT2D eigenvalue weighted by Crippen LogP contribution is -2.47. The number of halogens is 1. The molecule has 1 fully saturated rings. The largest absolute Gasteiger partial charge is 0.481 e. The Morgan fingerprint density at radius 3 is 2.43 bits per heavy atom. The second-order valence-electron chi connectivity index (χ2n) is 6.87. The highest BCUT2D eigenvalue weighted by molar-refractivity contribution is 5.95. The number of benzene rings is 1. The van der Waals surface area contributed by atoms with Gasteiger partial charge in [0.15, 0.2) is 0 Å². The molecule has 160 valence electrons. The zero-order chi connectivity index (χ0) is 21.5. The molecule has 1 aromatic carbocycles. The van der Waals surface area contributed by atoms with E-state index in [2.05, 4.69) is 20.6 Å². The van der Waals surface area contributed by atoms with E-state index in [9.17, 15) is 14.0 Å². The van der Waals surface area contributed by atoms with Gasteiger partial charge in [0.05, 0.1) is 18.3 Å². The summed E-state index contributed by atoms with van der Waals surface area (Å²) in [7, 11) is 0. The topological polar surface area (TPSA) is 111 Å². The first kappa shape index (κ1) is 21.4. The van der Waals surface area contributed by atoms with Crippen LogP contribution in [0, 0.1) is 5.82 Å². The van der Waals surface area contributed by atoms with Crippen LogP contribution < -0.4 is 20.4 Å². The molecule has 0 radical (unpaired) electrons. The van der Waals surface area contributed by atoms with Crippen molar-refractivity contribution in [3.05, 3.63) is 48.0 Å². The van der Waals surface area contributed by atoms with Crippen molar-refractivity contribution in [2.45, 2.75) is 19.5 Å². The van der Waals surface area contributed by atoms with Crippen LogP contribution in [0.1, 0.15) is 23.7 Å². The summed E-state index contributed by atoms with van der Waals surface area (Å²) in [5, 5.41) is 14.4. The van der Waals surface area contributed by atoms with Gasteiger partial charge in [-0.2, -0.15) is 0 Å². The maximum atomic E-state index is 14.7. The summed E-state index contributed by atoms with van der Waals surface area (Å²) >= 11 is 0. The predicted molar refractivity (Wildman–Crippen MR) is 110 cm³/mol. The van der Waals surface area contributed by atoms with Crippen LogP contribution in [0.4, 0.5) is 16.0 Å². The Morgan fingerprint density at radius 1 is 1.17 bits per heavy atom. The SMILES string of the molecule is CCNC(CC(=O)O)NC(=O)c1ccc(N2CCN(c3ncccn3)CC2)c(F)c1. The molecule has 2 aromatic rings. The number of rotatable bonds is 8. The van der Waals surface area contributed by atoms with Crippen LogP contribution in [0.25, 0.3) is 0 Å². The minimum absolute atomic E-state index is 0.140. The second kappa shape index (κ2) is 9.97. The minimum Gasteiger partial charge on any atom is -0.481 e. The molecule has 2 heterocycles. The third-order valence-corrected chi connectivity index (χ3v) is 4.80. The van der Waals surface area contributed by atoms with Crippen LogP contribution in [-0.4, -0.2) is 65.8 Å². The van der Waals surface area contributed by atoms with Crippen molar-refractivity contribution >= 4 is 23.5 Å². The first-order valence-corrected chi connectivity index (χ1v) is 9.80. The van der Waals surface area contributed by atoms with Crippen LogP contribution >= 0.6 is 0 Å². The van der Waals surface area contributed by atoms with Gasteiger partial charge in [-0.15, -0.1) is 0 Å². The van der Waals surface area contributed by atoms with Gasteiger partial charge in [0.25, 0.3) is 5.91 Å². The summed E-state index contributed by atoms with van der Waals surface area (Å²) in [6.45, 7) is 4.81. The Morgan fingerprint density at radius 2 is 1.83 bits per heavy atom. The number of carboxylic acids is 1. The number of nitrogens with zero attached hydrogens (tertiary/aromatic N) is 4. The van der Waals surface area contributed by atoms with Crippen molar-refractivity contribution < 1.29 is 19.1 Å². The first-order valence-electron chi connectivity index (χ1n) is 9.80. The molecular weight excluding hydrogens is 391 g/mol. The maximum Gasteiger partial charge on any atom is 0.306 e. The molecule has 30 heavy (non-hydrogen) atoms. The number of carbonyl (C=O) groups is 2. The summed E-state index contributed by atoms with van der Waals surface area (Å²) in [4.78, 5) is 35.8. The number of hydrogen-bond acceptors (Lipinski definition) is 7. The van der Waals surface area contributed by atoms with Gasteiger partial charge in [-0.05, 0) is 30.8 Å². The lowest BCUT2D eigenvalue weighted by molar-refractivity contribution is -0.137. The number of piperazine rings is 1. The van der Waals surface area contributed by atoms with Gasteiger partial charge in [-0.3, -0.25) is 14.9 Å². The Balaban J connectivity index is 1.62. The van der Waals surface area contributed by atoms with E-state index in [-0.39, 0.29) is 12.0 Å². The van der Waals surface area contributed by atoms with Crippen molar-refractivity contribution in [1.29, 1.82) is 0 Å². The fourth-order valence-corrected chi connectivity index (χ4v) is 3.34. The van der Waals surface area contributed by atoms with E-state index in [0.29, 0.717) is 44.4 Å². The molecule has 1 atom stereocenters. The fraction of sp³-hybridized carbons (Fsp3) is 0.400. The van der Waals surface area contributed by atoms with Crippen LogP contribution in [0.3, 0.4) is 0 Å². The van der Waals surface area contributed by atoms with E-state index < -0.39 is 23.9 Å². The first-order chi connectivity index (χ1) is 14.5. The van der Waals surface area contributed by atoms with Crippen molar-refractivity contribution in [2.75, 3.05) is 42.5 Å². The van der Waals surface area contributed by atoms with E-state index in [4.69, 9.17) is 5.11 Å². The van der Waals surface area contributed by atoms with E-state index in [1.54, 1.807) is 37.5 Å². The Bertz CT molecular complexity index is 874. The smallest absolute Gasteiger partial charge is 0.306 e. The molecule has 10 heteroatoms. The molecule has 1 aromatic heterocycles. The number of nitrogens with one attached hydrogen (secondary N) is 2. The Hall–Kier alpha value is -3.27. The highest BCUT2D eigenvalue weighted by Gasteiger charge is 2.22. The zero-order valence-electron chi connectivity index (χ0n) is 16.7. The molecule has 1 aliphatic rings. The van der Waals surface area contributed by atoms with E-state index >= 15 is 0 Å². The number of hydrogen-bond donors (Lipinski definition) is 3. The standard InChI is InChI=1S/C20H25FN6O3/c1-2-22-17(13-18(28)29)25-19(30)14-4-5-16(15(21)12-14)26-8-10-27(11-9-26)20-23-6-3-7-24-20/h3-7,12,17,22H,2,8-11,13H2,1H3,(H,25,30)(H,28,29). The van der Waals surface area contributed by atoms with Crippen LogP contribution in [0.5, 0.6) is 0 Å². The van der Waals surface area contributed by atoms with Crippen LogP contribution in [0.2, 0.25) is 0 Å². The third kappa shape index (κ3) is 5.41. The average molecular weight is 416 g/mol. The van der Waals surface area contributed by atoms with Crippen molar-refractivity contribution in [3.8, 4) is 0 Å². The molecule has 0 aliphatic carbocycles. The number of carbonyl (C=O) groups excluding carboxylic acids is 1. The van der Waals surface area contributed by atoms with Crippen LogP contribution in [0.15, 0.2) is 36.7 Å². The van der Waals surface area contributed by atoms with Crippen molar-refractivity contribution in [1.82, 2.24) is 20.6 Å². The fourth-order valence-electron chi connectivity index (χ4n) is 3.34. The summed E-state index contributed by atoms with van der Waals surface area (Å²) in [5.74, 6) is -1.41. The highest BCUT2D eigenvalue weighted by Crippen LogP contribution is 2.23. The summed E-state index contributed by atoms with van der Waals surface area (Å²) in [6.07, 6.45) is 2.39. The molecule has 0 spiro atoms.